The standard InChI is InChI=1S/C21H21N5O3/c1-4-26-18-17(20(28)25-21(26)29)15(9-16(24-18)12(2)3)19(27)23-11-14-7-5-13(10-22)6-8-14/h5-9,12H,4,11H2,1-3H3,(H,23,27)(H,25,28,29). The van der Waals surface area contributed by atoms with Crippen molar-refractivity contribution in [2.24, 2.45) is 0 Å². The molecule has 0 bridgehead atoms. The number of pyridine rings is 1. The van der Waals surface area contributed by atoms with Gasteiger partial charge in [-0.15, -0.1) is 0 Å². The van der Waals surface area contributed by atoms with Gasteiger partial charge in [-0.2, -0.15) is 5.26 Å². The molecule has 0 aliphatic carbocycles. The maximum atomic E-state index is 12.9. The fourth-order valence-corrected chi connectivity index (χ4v) is 3.04. The molecule has 0 saturated heterocycles. The summed E-state index contributed by atoms with van der Waals surface area (Å²) >= 11 is 0. The van der Waals surface area contributed by atoms with Crippen LogP contribution in [0.4, 0.5) is 0 Å². The Bertz CT molecular complexity index is 1230. The lowest BCUT2D eigenvalue weighted by Gasteiger charge is -2.14. The number of nitrogens with zero attached hydrogens (tertiary/aromatic N) is 3. The zero-order valence-electron chi connectivity index (χ0n) is 16.4. The van der Waals surface area contributed by atoms with Crippen LogP contribution in [0.5, 0.6) is 0 Å². The molecule has 2 heterocycles. The average Bonchev–Trinajstić information content (AvgIpc) is 2.71. The van der Waals surface area contributed by atoms with Crippen LogP contribution < -0.4 is 16.6 Å². The molecular formula is C21H21N5O3. The lowest BCUT2D eigenvalue weighted by Crippen LogP contribution is -2.33. The van der Waals surface area contributed by atoms with E-state index in [2.05, 4.69) is 15.3 Å². The summed E-state index contributed by atoms with van der Waals surface area (Å²) in [6.45, 7) is 6.17. The second kappa shape index (κ2) is 8.10. The number of fused-ring (bicyclic) bond motifs is 1. The van der Waals surface area contributed by atoms with Crippen molar-refractivity contribution in [3.05, 3.63) is 73.6 Å². The minimum atomic E-state index is -0.638. The number of hydrogen-bond acceptors (Lipinski definition) is 5. The summed E-state index contributed by atoms with van der Waals surface area (Å²) in [6, 6.07) is 10.5. The molecule has 2 aromatic heterocycles. The quantitative estimate of drug-likeness (QED) is 0.689. The van der Waals surface area contributed by atoms with Crippen LogP contribution in [0.1, 0.15) is 53.9 Å². The third kappa shape index (κ3) is 3.94. The van der Waals surface area contributed by atoms with Gasteiger partial charge in [0.15, 0.2) is 5.65 Å². The third-order valence-corrected chi connectivity index (χ3v) is 4.66. The molecule has 3 aromatic rings. The van der Waals surface area contributed by atoms with Gasteiger partial charge in [-0.1, -0.05) is 26.0 Å². The van der Waals surface area contributed by atoms with Gasteiger partial charge in [0.25, 0.3) is 11.5 Å². The van der Waals surface area contributed by atoms with Gasteiger partial charge in [0.05, 0.1) is 22.6 Å². The molecule has 29 heavy (non-hydrogen) atoms. The second-order valence-corrected chi connectivity index (χ2v) is 6.94. The van der Waals surface area contributed by atoms with Crippen LogP contribution in [0.3, 0.4) is 0 Å². The van der Waals surface area contributed by atoms with Crippen molar-refractivity contribution in [1.82, 2.24) is 19.9 Å². The van der Waals surface area contributed by atoms with E-state index in [1.807, 2.05) is 19.9 Å². The van der Waals surface area contributed by atoms with Gasteiger partial charge in [-0.3, -0.25) is 19.1 Å². The Morgan fingerprint density at radius 2 is 1.97 bits per heavy atom. The van der Waals surface area contributed by atoms with Crippen molar-refractivity contribution in [2.45, 2.75) is 39.8 Å². The highest BCUT2D eigenvalue weighted by Crippen LogP contribution is 2.19. The van der Waals surface area contributed by atoms with Crippen LogP contribution in [0.2, 0.25) is 0 Å². The highest BCUT2D eigenvalue weighted by atomic mass is 16.2. The largest absolute Gasteiger partial charge is 0.348 e. The SMILES string of the molecule is CCn1c(=O)[nH]c(=O)c2c(C(=O)NCc3ccc(C#N)cc3)cc(C(C)C)nc21. The molecule has 148 valence electrons. The minimum absolute atomic E-state index is 0.00386. The molecule has 0 unspecified atom stereocenters. The summed E-state index contributed by atoms with van der Waals surface area (Å²) in [5.74, 6) is -0.431. The number of benzene rings is 1. The first-order valence-corrected chi connectivity index (χ1v) is 9.30. The van der Waals surface area contributed by atoms with Gasteiger partial charge < -0.3 is 5.32 Å². The first-order chi connectivity index (χ1) is 13.8. The highest BCUT2D eigenvalue weighted by molar-refractivity contribution is 6.05. The number of nitriles is 1. The van der Waals surface area contributed by atoms with Crippen LogP contribution in [-0.4, -0.2) is 20.4 Å². The van der Waals surface area contributed by atoms with Gasteiger partial charge in [-0.05, 0) is 36.6 Å². The lowest BCUT2D eigenvalue weighted by molar-refractivity contribution is 0.0952. The van der Waals surface area contributed by atoms with Crippen LogP contribution in [0.15, 0.2) is 39.9 Å². The zero-order chi connectivity index (χ0) is 21.1. The molecule has 8 heteroatoms. The number of amides is 1. The van der Waals surface area contributed by atoms with Gasteiger partial charge >= 0.3 is 5.69 Å². The molecule has 1 aromatic carbocycles. The van der Waals surface area contributed by atoms with Crippen molar-refractivity contribution in [3.8, 4) is 6.07 Å². The molecule has 0 aliphatic rings. The number of aromatic amines is 1. The third-order valence-electron chi connectivity index (χ3n) is 4.66. The Kier molecular flexibility index (Phi) is 5.59. The first-order valence-electron chi connectivity index (χ1n) is 9.30. The fourth-order valence-electron chi connectivity index (χ4n) is 3.04. The summed E-state index contributed by atoms with van der Waals surface area (Å²) in [6.07, 6.45) is 0. The first kappa shape index (κ1) is 20.0. The maximum Gasteiger partial charge on any atom is 0.329 e. The van der Waals surface area contributed by atoms with Crippen LogP contribution in [0.25, 0.3) is 11.0 Å². The van der Waals surface area contributed by atoms with Crippen LogP contribution in [-0.2, 0) is 13.1 Å². The minimum Gasteiger partial charge on any atom is -0.348 e. The number of H-pyrrole nitrogens is 1. The molecular weight excluding hydrogens is 370 g/mol. The molecule has 0 fully saturated rings. The lowest BCUT2D eigenvalue weighted by atomic mass is 10.0. The van der Waals surface area contributed by atoms with E-state index in [-0.39, 0.29) is 29.1 Å². The van der Waals surface area contributed by atoms with E-state index in [1.165, 1.54) is 4.57 Å². The van der Waals surface area contributed by atoms with Gasteiger partial charge in [-0.25, -0.2) is 9.78 Å². The monoisotopic (exact) mass is 391 g/mol. The number of aromatic nitrogens is 3. The number of aryl methyl sites for hydroxylation is 1. The van der Waals surface area contributed by atoms with E-state index in [1.54, 1.807) is 37.3 Å². The van der Waals surface area contributed by atoms with Crippen molar-refractivity contribution in [1.29, 1.82) is 5.26 Å². The predicted molar refractivity (Wildman–Crippen MR) is 109 cm³/mol. The summed E-state index contributed by atoms with van der Waals surface area (Å²) in [7, 11) is 0. The van der Waals surface area contributed by atoms with Crippen molar-refractivity contribution >= 4 is 16.9 Å². The van der Waals surface area contributed by atoms with Gasteiger partial charge in [0.2, 0.25) is 0 Å². The molecule has 8 nitrogen and oxygen atoms in total. The topological polar surface area (TPSA) is 121 Å². The average molecular weight is 391 g/mol. The maximum absolute atomic E-state index is 12.9. The number of rotatable bonds is 5. The Hall–Kier alpha value is -3.73. The van der Waals surface area contributed by atoms with Crippen LogP contribution in [0, 0.1) is 11.3 Å². The smallest absolute Gasteiger partial charge is 0.329 e. The number of nitrogens with one attached hydrogen (secondary N) is 2. The van der Waals surface area contributed by atoms with E-state index in [4.69, 9.17) is 5.26 Å². The Labute approximate surface area is 166 Å². The Morgan fingerprint density at radius 1 is 1.28 bits per heavy atom. The van der Waals surface area contributed by atoms with Gasteiger partial charge in [0.1, 0.15) is 0 Å². The Morgan fingerprint density at radius 3 is 2.55 bits per heavy atom. The van der Waals surface area contributed by atoms with Gasteiger partial charge in [0, 0.05) is 18.8 Å². The molecule has 3 rings (SSSR count). The molecule has 0 saturated carbocycles. The summed E-state index contributed by atoms with van der Waals surface area (Å²) in [4.78, 5) is 44.3. The van der Waals surface area contributed by atoms with E-state index < -0.39 is 17.2 Å². The molecule has 2 N–H and O–H groups in total. The normalized spacial score (nSPS) is 10.9. The molecule has 1 amide bonds. The predicted octanol–water partition coefficient (Wildman–Crippen LogP) is 2.03. The summed E-state index contributed by atoms with van der Waals surface area (Å²) < 4.78 is 1.35. The fraction of sp³-hybridized carbons (Fsp3) is 0.286. The number of carbonyl (C=O) groups excluding carboxylic acids is 1. The molecule has 0 radical (unpaired) electrons. The van der Waals surface area contributed by atoms with E-state index in [0.717, 1.165) is 5.56 Å². The molecule has 0 aliphatic heterocycles. The van der Waals surface area contributed by atoms with Crippen molar-refractivity contribution < 1.29 is 4.79 Å². The van der Waals surface area contributed by atoms with Crippen LogP contribution >= 0.6 is 0 Å². The van der Waals surface area contributed by atoms with E-state index in [9.17, 15) is 14.4 Å². The number of carbonyl (C=O) groups is 1. The Balaban J connectivity index is 2.06. The second-order valence-electron chi connectivity index (χ2n) is 6.94. The molecule has 0 spiro atoms. The zero-order valence-corrected chi connectivity index (χ0v) is 16.4. The summed E-state index contributed by atoms with van der Waals surface area (Å²) in [5.41, 5.74) is 1.16. The highest BCUT2D eigenvalue weighted by Gasteiger charge is 2.20. The summed E-state index contributed by atoms with van der Waals surface area (Å²) in [5, 5.41) is 11.8. The van der Waals surface area contributed by atoms with Crippen molar-refractivity contribution in [3.63, 3.8) is 0 Å². The molecule has 0 atom stereocenters. The van der Waals surface area contributed by atoms with Crippen molar-refractivity contribution in [2.75, 3.05) is 0 Å². The number of hydrogen-bond donors (Lipinski definition) is 2. The van der Waals surface area contributed by atoms with E-state index in [0.29, 0.717) is 17.8 Å². The van der Waals surface area contributed by atoms with E-state index >= 15 is 0 Å².